The van der Waals surface area contributed by atoms with E-state index in [0.29, 0.717) is 38.6 Å². The number of fused-ring (bicyclic) bond motifs is 2. The van der Waals surface area contributed by atoms with E-state index in [2.05, 4.69) is 21.2 Å². The van der Waals surface area contributed by atoms with Crippen LogP contribution in [0.5, 0.6) is 0 Å². The molecule has 0 aromatic carbocycles. The first kappa shape index (κ1) is 12.6. The van der Waals surface area contributed by atoms with Gasteiger partial charge in [0.25, 0.3) is 0 Å². The maximum Gasteiger partial charge on any atom is 0.309 e. The maximum absolute atomic E-state index is 12.1. The van der Waals surface area contributed by atoms with Crippen molar-refractivity contribution in [3.8, 4) is 0 Å². The second-order valence-electron chi connectivity index (χ2n) is 5.11. The Morgan fingerprint density at radius 3 is 2.29 bits per heavy atom. The van der Waals surface area contributed by atoms with Gasteiger partial charge in [0.15, 0.2) is 0 Å². The minimum atomic E-state index is -0.731. The predicted molar refractivity (Wildman–Crippen MR) is 66.7 cm³/mol. The van der Waals surface area contributed by atoms with Crippen LogP contribution in [0.3, 0.4) is 0 Å². The second-order valence-corrected chi connectivity index (χ2v) is 5.64. The normalized spacial score (nSPS) is 35.4. The molecule has 0 saturated heterocycles. The fraction of sp³-hybridized carbons (Fsp3) is 0.667. The summed E-state index contributed by atoms with van der Waals surface area (Å²) in [7, 11) is 0. The minimum absolute atomic E-state index is 0.0173. The van der Waals surface area contributed by atoms with Crippen LogP contribution in [0, 0.1) is 10.8 Å². The van der Waals surface area contributed by atoms with E-state index in [9.17, 15) is 14.7 Å². The van der Waals surface area contributed by atoms with Gasteiger partial charge in [-0.15, -0.1) is 0 Å². The Labute approximate surface area is 109 Å². The molecule has 17 heavy (non-hydrogen) atoms. The highest BCUT2D eigenvalue weighted by Gasteiger charge is 2.61. The van der Waals surface area contributed by atoms with Crippen LogP contribution in [0.2, 0.25) is 0 Å². The lowest BCUT2D eigenvalue weighted by Crippen LogP contribution is -2.38. The second kappa shape index (κ2) is 4.44. The zero-order valence-corrected chi connectivity index (χ0v) is 11.1. The fourth-order valence-electron chi connectivity index (χ4n) is 3.19. The molecule has 94 valence electrons. The van der Waals surface area contributed by atoms with Crippen LogP contribution in [-0.4, -0.2) is 23.5 Å². The van der Waals surface area contributed by atoms with Gasteiger partial charge < -0.3 is 10.4 Å². The number of hydrogen-bond acceptors (Lipinski definition) is 2. The lowest BCUT2D eigenvalue weighted by molar-refractivity contribution is -0.148. The van der Waals surface area contributed by atoms with Crippen molar-refractivity contribution < 1.29 is 14.7 Å². The van der Waals surface area contributed by atoms with Crippen LogP contribution in [0.1, 0.15) is 32.1 Å². The summed E-state index contributed by atoms with van der Waals surface area (Å²) >= 11 is 3.14. The van der Waals surface area contributed by atoms with Gasteiger partial charge in [0.05, 0.1) is 10.8 Å². The highest BCUT2D eigenvalue weighted by atomic mass is 79.9. The van der Waals surface area contributed by atoms with Crippen LogP contribution < -0.4 is 5.32 Å². The Hall–Kier alpha value is -0.840. The summed E-state index contributed by atoms with van der Waals surface area (Å²) in [6, 6.07) is 0. The Balaban J connectivity index is 2.03. The van der Waals surface area contributed by atoms with Crippen LogP contribution in [0.4, 0.5) is 0 Å². The molecule has 2 fully saturated rings. The highest BCUT2D eigenvalue weighted by Crippen LogP contribution is 2.61. The van der Waals surface area contributed by atoms with Gasteiger partial charge in [-0.1, -0.05) is 22.0 Å². The van der Waals surface area contributed by atoms with Crippen molar-refractivity contribution in [1.82, 2.24) is 5.32 Å². The zero-order valence-electron chi connectivity index (χ0n) is 9.54. The molecule has 0 unspecified atom stereocenters. The lowest BCUT2D eigenvalue weighted by atomic mass is 9.81. The van der Waals surface area contributed by atoms with E-state index in [1.54, 1.807) is 4.99 Å². The third-order valence-electron chi connectivity index (χ3n) is 4.25. The summed E-state index contributed by atoms with van der Waals surface area (Å²) in [6.45, 7) is 0.492. The fourth-order valence-corrected chi connectivity index (χ4v) is 3.38. The minimum Gasteiger partial charge on any atom is -0.481 e. The van der Waals surface area contributed by atoms with Crippen molar-refractivity contribution in [1.29, 1.82) is 0 Å². The molecule has 2 aliphatic carbocycles. The van der Waals surface area contributed by atoms with Crippen molar-refractivity contribution in [2.75, 3.05) is 6.54 Å². The summed E-state index contributed by atoms with van der Waals surface area (Å²) in [4.78, 5) is 25.1. The molecule has 0 aromatic heterocycles. The Morgan fingerprint density at radius 1 is 1.24 bits per heavy atom. The molecule has 0 aromatic rings. The molecule has 2 bridgehead atoms. The molecule has 2 saturated carbocycles. The largest absolute Gasteiger partial charge is 0.481 e. The lowest BCUT2D eigenvalue weighted by Gasteiger charge is -2.25. The van der Waals surface area contributed by atoms with Crippen LogP contribution in [0.15, 0.2) is 11.1 Å². The predicted octanol–water partition coefficient (Wildman–Crippen LogP) is 2.05. The number of halogens is 1. The number of carboxylic acids is 1. The number of nitrogens with one attached hydrogen (secondary N) is 1. The van der Waals surface area contributed by atoms with Gasteiger partial charge in [0, 0.05) is 6.54 Å². The van der Waals surface area contributed by atoms with E-state index in [4.69, 9.17) is 0 Å². The van der Waals surface area contributed by atoms with Crippen molar-refractivity contribution in [2.45, 2.75) is 32.1 Å². The molecule has 5 heteroatoms. The molecule has 0 radical (unpaired) electrons. The van der Waals surface area contributed by atoms with Crippen LogP contribution in [0.25, 0.3) is 0 Å². The first-order valence-electron chi connectivity index (χ1n) is 5.82. The van der Waals surface area contributed by atoms with Gasteiger partial charge in [-0.3, -0.25) is 9.59 Å². The van der Waals surface area contributed by atoms with Gasteiger partial charge >= 0.3 is 5.97 Å². The van der Waals surface area contributed by atoms with E-state index >= 15 is 0 Å². The molecule has 2 rings (SSSR count). The van der Waals surface area contributed by atoms with Crippen molar-refractivity contribution >= 4 is 27.8 Å². The standard InChI is InChI=1S/C12H16BrNO3/c13-6-1-7-14-9(15)11-2-4-12(8-11,5-3-11)10(16)17/h1,6H,2-5,7-8H2,(H,14,15)(H,16,17)/b6-1+. The number of carboxylic acid groups (broad SMARTS) is 1. The van der Waals surface area contributed by atoms with Crippen molar-refractivity contribution in [2.24, 2.45) is 10.8 Å². The average molecular weight is 302 g/mol. The number of rotatable bonds is 4. The SMILES string of the molecule is O=C(O)C12CCC(C(=O)NC/C=C/Br)(CC1)C2. The van der Waals surface area contributed by atoms with Gasteiger partial charge in [0.2, 0.25) is 5.91 Å². The molecule has 0 heterocycles. The van der Waals surface area contributed by atoms with Gasteiger partial charge in [0.1, 0.15) is 0 Å². The summed E-state index contributed by atoms with van der Waals surface area (Å²) < 4.78 is 0. The third-order valence-corrected chi connectivity index (χ3v) is 4.62. The Bertz CT molecular complexity index is 370. The smallest absolute Gasteiger partial charge is 0.309 e. The monoisotopic (exact) mass is 301 g/mol. The van der Waals surface area contributed by atoms with E-state index in [0.717, 1.165) is 0 Å². The molecule has 2 N–H and O–H groups in total. The summed E-state index contributed by atoms with van der Waals surface area (Å²) in [6.07, 6.45) is 5.03. The molecule has 0 atom stereocenters. The number of aliphatic carboxylic acids is 1. The quantitative estimate of drug-likeness (QED) is 0.835. The zero-order chi connectivity index (χ0) is 12.5. The number of amides is 1. The Kier molecular flexibility index (Phi) is 3.30. The summed E-state index contributed by atoms with van der Waals surface area (Å²) in [5.74, 6) is -0.714. The van der Waals surface area contributed by atoms with Gasteiger partial charge in [-0.25, -0.2) is 0 Å². The number of carbonyl (C=O) groups is 2. The highest BCUT2D eigenvalue weighted by molar-refractivity contribution is 9.11. The first-order valence-corrected chi connectivity index (χ1v) is 6.73. The molecule has 0 spiro atoms. The van der Waals surface area contributed by atoms with E-state index < -0.39 is 16.8 Å². The maximum atomic E-state index is 12.1. The average Bonchev–Trinajstić information content (AvgIpc) is 2.87. The third kappa shape index (κ3) is 2.01. The van der Waals surface area contributed by atoms with Crippen LogP contribution >= 0.6 is 15.9 Å². The van der Waals surface area contributed by atoms with Crippen molar-refractivity contribution in [3.63, 3.8) is 0 Å². The topological polar surface area (TPSA) is 66.4 Å². The van der Waals surface area contributed by atoms with E-state index in [1.165, 1.54) is 0 Å². The van der Waals surface area contributed by atoms with E-state index in [1.807, 2.05) is 6.08 Å². The molecular formula is C12H16BrNO3. The number of hydrogen-bond donors (Lipinski definition) is 2. The molecule has 0 aliphatic heterocycles. The van der Waals surface area contributed by atoms with Gasteiger partial charge in [-0.2, -0.15) is 0 Å². The summed E-state index contributed by atoms with van der Waals surface area (Å²) in [5, 5.41) is 12.1. The van der Waals surface area contributed by atoms with Crippen LogP contribution in [-0.2, 0) is 9.59 Å². The molecule has 1 amide bonds. The van der Waals surface area contributed by atoms with E-state index in [-0.39, 0.29) is 5.91 Å². The molecule has 2 aliphatic rings. The summed E-state index contributed by atoms with van der Waals surface area (Å²) in [5.41, 5.74) is -1.04. The Morgan fingerprint density at radius 2 is 1.82 bits per heavy atom. The van der Waals surface area contributed by atoms with Gasteiger partial charge in [-0.05, 0) is 37.1 Å². The molecule has 4 nitrogen and oxygen atoms in total. The molecular weight excluding hydrogens is 286 g/mol. The number of carbonyl (C=O) groups excluding carboxylic acids is 1. The first-order chi connectivity index (χ1) is 8.05. The van der Waals surface area contributed by atoms with Crippen molar-refractivity contribution in [3.05, 3.63) is 11.1 Å².